The molecule has 0 saturated heterocycles. The van der Waals surface area contributed by atoms with Gasteiger partial charge in [0.15, 0.2) is 0 Å². The van der Waals surface area contributed by atoms with Crippen molar-refractivity contribution in [3.8, 4) is 0 Å². The Hall–Kier alpha value is -1.31. The quantitative estimate of drug-likeness (QED) is 0.888. The van der Waals surface area contributed by atoms with Crippen LogP contribution in [0.25, 0.3) is 0 Å². The predicted octanol–water partition coefficient (Wildman–Crippen LogP) is 3.26. The van der Waals surface area contributed by atoms with Gasteiger partial charge < -0.3 is 5.73 Å². The summed E-state index contributed by atoms with van der Waals surface area (Å²) in [6, 6.07) is 11.0. The molecule has 4 saturated carbocycles. The van der Waals surface area contributed by atoms with Crippen LogP contribution in [0.2, 0.25) is 0 Å². The number of hydrogen-bond acceptors (Lipinski definition) is 1. The molecule has 21 heavy (non-hydrogen) atoms. The number of rotatable bonds is 2. The van der Waals surface area contributed by atoms with Crippen LogP contribution >= 0.6 is 0 Å². The van der Waals surface area contributed by atoms with E-state index in [1.165, 1.54) is 18.4 Å². The molecule has 2 heteroatoms. The number of hydrogen-bond donors (Lipinski definition) is 1. The van der Waals surface area contributed by atoms with Crippen LogP contribution in [-0.2, 0) is 10.2 Å². The largest absolute Gasteiger partial charge is 0.369 e. The van der Waals surface area contributed by atoms with Gasteiger partial charge in [-0.15, -0.1) is 0 Å². The Bertz CT molecular complexity index is 640. The second kappa shape index (κ2) is 3.37. The van der Waals surface area contributed by atoms with E-state index in [1.54, 1.807) is 0 Å². The van der Waals surface area contributed by atoms with Crippen molar-refractivity contribution in [3.63, 3.8) is 0 Å². The molecule has 0 aromatic heterocycles. The van der Waals surface area contributed by atoms with E-state index in [2.05, 4.69) is 37.3 Å². The Kier molecular flexibility index (Phi) is 1.96. The first-order chi connectivity index (χ1) is 10.0. The maximum absolute atomic E-state index is 12.3. The molecule has 4 fully saturated rings. The molecule has 1 aromatic rings. The van der Waals surface area contributed by atoms with Gasteiger partial charge in [-0.25, -0.2) is 0 Å². The number of benzene rings is 1. The van der Waals surface area contributed by atoms with Crippen LogP contribution in [0.4, 0.5) is 0 Å². The van der Waals surface area contributed by atoms with Crippen molar-refractivity contribution < 1.29 is 4.79 Å². The minimum Gasteiger partial charge on any atom is -0.369 e. The lowest BCUT2D eigenvalue weighted by Gasteiger charge is -2.60. The van der Waals surface area contributed by atoms with E-state index < -0.39 is 0 Å². The molecule has 5 rings (SSSR count). The van der Waals surface area contributed by atoms with Crippen molar-refractivity contribution in [2.45, 2.75) is 44.4 Å². The van der Waals surface area contributed by atoms with Crippen molar-refractivity contribution in [2.75, 3.05) is 0 Å². The van der Waals surface area contributed by atoms with E-state index in [9.17, 15) is 4.79 Å². The molecule has 1 amide bonds. The standard InChI is InChI=1S/C19H23NO/c1-12-13-7-17(16(20)21)10-18(14-5-3-2-4-6-14)9-15(12)19(18,8-13)11-17/h2-6,12-13,15H,7-11H2,1H3,(H2,20,21). The molecule has 2 N–H and O–H groups in total. The highest BCUT2D eigenvalue weighted by Gasteiger charge is 2.80. The van der Waals surface area contributed by atoms with Crippen LogP contribution in [0.3, 0.4) is 0 Å². The average molecular weight is 281 g/mol. The van der Waals surface area contributed by atoms with Crippen LogP contribution in [0, 0.1) is 28.6 Å². The van der Waals surface area contributed by atoms with Crippen LogP contribution in [0.5, 0.6) is 0 Å². The van der Waals surface area contributed by atoms with Crippen molar-refractivity contribution >= 4 is 5.91 Å². The molecule has 1 aromatic carbocycles. The number of nitrogens with two attached hydrogens (primary N) is 1. The average Bonchev–Trinajstić information content (AvgIpc) is 2.74. The van der Waals surface area contributed by atoms with Gasteiger partial charge in [0.25, 0.3) is 0 Å². The first-order valence-electron chi connectivity index (χ1n) is 8.39. The fourth-order valence-electron chi connectivity index (χ4n) is 7.32. The molecule has 2 nitrogen and oxygen atoms in total. The number of amides is 1. The smallest absolute Gasteiger partial charge is 0.223 e. The number of carbonyl (C=O) groups excluding carboxylic acids is 1. The van der Waals surface area contributed by atoms with Gasteiger partial charge in [0.2, 0.25) is 5.91 Å². The lowest BCUT2D eigenvalue weighted by molar-refractivity contribution is -0.129. The third-order valence-electron chi connectivity index (χ3n) is 8.03. The molecule has 4 aliphatic rings. The molecule has 0 heterocycles. The lowest BCUT2D eigenvalue weighted by atomic mass is 9.43. The predicted molar refractivity (Wildman–Crippen MR) is 81.4 cm³/mol. The van der Waals surface area contributed by atoms with E-state index in [0.29, 0.717) is 5.41 Å². The molecule has 4 aliphatic carbocycles. The summed E-state index contributed by atoms with van der Waals surface area (Å²) in [6.07, 6.45) is 5.75. The fourth-order valence-corrected chi connectivity index (χ4v) is 7.32. The van der Waals surface area contributed by atoms with Crippen LogP contribution < -0.4 is 5.73 Å². The van der Waals surface area contributed by atoms with Gasteiger partial charge in [0.05, 0.1) is 5.41 Å². The first-order valence-corrected chi connectivity index (χ1v) is 8.39. The molecule has 0 aliphatic heterocycles. The normalized spacial score (nSPS) is 52.5. The van der Waals surface area contributed by atoms with Gasteiger partial charge in [-0.3, -0.25) is 4.79 Å². The van der Waals surface area contributed by atoms with Crippen molar-refractivity contribution in [1.29, 1.82) is 0 Å². The summed E-state index contributed by atoms with van der Waals surface area (Å²) < 4.78 is 0. The Morgan fingerprint density at radius 1 is 1.14 bits per heavy atom. The Labute approximate surface area is 126 Å². The zero-order valence-electron chi connectivity index (χ0n) is 12.6. The molecular weight excluding hydrogens is 258 g/mol. The number of carbonyl (C=O) groups is 1. The van der Waals surface area contributed by atoms with Gasteiger partial charge in [-0.05, 0) is 60.8 Å². The minimum absolute atomic E-state index is 0.0240. The van der Waals surface area contributed by atoms with Crippen LogP contribution in [0.15, 0.2) is 30.3 Å². The zero-order chi connectivity index (χ0) is 14.5. The Morgan fingerprint density at radius 3 is 2.62 bits per heavy atom. The van der Waals surface area contributed by atoms with Crippen molar-refractivity contribution in [2.24, 2.45) is 34.3 Å². The maximum atomic E-state index is 12.3. The van der Waals surface area contributed by atoms with Crippen LogP contribution in [0.1, 0.15) is 44.6 Å². The third kappa shape index (κ3) is 1.10. The lowest BCUT2D eigenvalue weighted by Crippen LogP contribution is -2.56. The summed E-state index contributed by atoms with van der Waals surface area (Å²) in [7, 11) is 0. The molecule has 3 bridgehead atoms. The first kappa shape index (κ1) is 12.3. The van der Waals surface area contributed by atoms with E-state index in [1.807, 2.05) is 0 Å². The maximum Gasteiger partial charge on any atom is 0.223 e. The second-order valence-electron chi connectivity index (χ2n) is 8.44. The molecule has 110 valence electrons. The summed E-state index contributed by atoms with van der Waals surface area (Å²) in [5.41, 5.74) is 7.80. The summed E-state index contributed by atoms with van der Waals surface area (Å²) >= 11 is 0. The van der Waals surface area contributed by atoms with Gasteiger partial charge in [-0.2, -0.15) is 0 Å². The number of primary amides is 1. The van der Waals surface area contributed by atoms with Crippen molar-refractivity contribution in [3.05, 3.63) is 35.9 Å². The number of fused-ring (bicyclic) bond motifs is 2. The topological polar surface area (TPSA) is 43.1 Å². The molecule has 6 atom stereocenters. The third-order valence-corrected chi connectivity index (χ3v) is 8.03. The van der Waals surface area contributed by atoms with E-state index in [0.717, 1.165) is 37.0 Å². The van der Waals surface area contributed by atoms with E-state index in [-0.39, 0.29) is 16.7 Å². The minimum atomic E-state index is -0.210. The van der Waals surface area contributed by atoms with Crippen molar-refractivity contribution in [1.82, 2.24) is 0 Å². The van der Waals surface area contributed by atoms with Crippen LogP contribution in [-0.4, -0.2) is 5.91 Å². The summed E-state index contributed by atoms with van der Waals surface area (Å²) in [5.74, 6) is 2.31. The second-order valence-corrected chi connectivity index (χ2v) is 8.44. The summed E-state index contributed by atoms with van der Waals surface area (Å²) in [4.78, 5) is 12.3. The SMILES string of the molecule is CC1C2CC3(C(N)=O)CC4(c5ccccc5)CC1C4(C2)C3. The van der Waals surface area contributed by atoms with E-state index >= 15 is 0 Å². The highest BCUT2D eigenvalue weighted by atomic mass is 16.1. The molecule has 0 radical (unpaired) electrons. The molecule has 1 spiro atoms. The van der Waals surface area contributed by atoms with Gasteiger partial charge in [-0.1, -0.05) is 37.3 Å². The molecule has 6 unspecified atom stereocenters. The highest BCUT2D eigenvalue weighted by Crippen LogP contribution is 2.85. The van der Waals surface area contributed by atoms with E-state index in [4.69, 9.17) is 5.73 Å². The Balaban J connectivity index is 1.72. The zero-order valence-corrected chi connectivity index (χ0v) is 12.6. The monoisotopic (exact) mass is 281 g/mol. The van der Waals surface area contributed by atoms with Gasteiger partial charge in [0.1, 0.15) is 0 Å². The van der Waals surface area contributed by atoms with Gasteiger partial charge in [0, 0.05) is 5.41 Å². The van der Waals surface area contributed by atoms with Gasteiger partial charge >= 0.3 is 0 Å². The fraction of sp³-hybridized carbons (Fsp3) is 0.632. The Morgan fingerprint density at radius 2 is 1.90 bits per heavy atom. The summed E-state index contributed by atoms with van der Waals surface area (Å²) in [5, 5.41) is 0. The molecular formula is C19H23NO. The summed E-state index contributed by atoms with van der Waals surface area (Å²) in [6.45, 7) is 2.42. The highest BCUT2D eigenvalue weighted by molar-refractivity contribution is 5.82.